The molecular formula is C17H27N3O. The van der Waals surface area contributed by atoms with Crippen molar-refractivity contribution in [1.82, 2.24) is 4.90 Å². The predicted octanol–water partition coefficient (Wildman–Crippen LogP) is 3.35. The Morgan fingerprint density at radius 3 is 2.43 bits per heavy atom. The Labute approximate surface area is 127 Å². The molecule has 0 aromatic heterocycles. The van der Waals surface area contributed by atoms with Crippen LogP contribution in [-0.2, 0) is 0 Å². The van der Waals surface area contributed by atoms with Gasteiger partial charge in [-0.05, 0) is 49.3 Å². The number of amides is 1. The third-order valence-electron chi connectivity index (χ3n) is 4.40. The minimum Gasteiger partial charge on any atom is -0.397 e. The summed E-state index contributed by atoms with van der Waals surface area (Å²) >= 11 is 0. The molecule has 0 spiro atoms. The number of rotatable bonds is 3. The van der Waals surface area contributed by atoms with Crippen molar-refractivity contribution in [3.05, 3.63) is 23.8 Å². The van der Waals surface area contributed by atoms with Gasteiger partial charge in [0.2, 0.25) is 0 Å². The zero-order valence-electron chi connectivity index (χ0n) is 13.6. The first-order valence-corrected chi connectivity index (χ1v) is 7.66. The van der Waals surface area contributed by atoms with Crippen molar-refractivity contribution >= 4 is 17.3 Å². The van der Waals surface area contributed by atoms with Crippen molar-refractivity contribution in [2.24, 2.45) is 5.41 Å². The summed E-state index contributed by atoms with van der Waals surface area (Å²) in [4.78, 5) is 13.5. The van der Waals surface area contributed by atoms with Crippen LogP contribution < -0.4 is 11.1 Å². The quantitative estimate of drug-likeness (QED) is 0.839. The maximum absolute atomic E-state index is 11.9. The lowest BCUT2D eigenvalue weighted by molar-refractivity contribution is 0.0827. The SMILES string of the molecule is CN(C)C(=O)c1ccc(NC2CCC(C)(C)CC2)c(N)c1. The number of benzene rings is 1. The number of hydrogen-bond donors (Lipinski definition) is 2. The van der Waals surface area contributed by atoms with Gasteiger partial charge < -0.3 is 16.0 Å². The van der Waals surface area contributed by atoms with Crippen LogP contribution in [0.5, 0.6) is 0 Å². The molecule has 1 saturated carbocycles. The van der Waals surface area contributed by atoms with Gasteiger partial charge in [-0.15, -0.1) is 0 Å². The van der Waals surface area contributed by atoms with Gasteiger partial charge in [-0.3, -0.25) is 4.79 Å². The zero-order valence-corrected chi connectivity index (χ0v) is 13.6. The molecule has 21 heavy (non-hydrogen) atoms. The lowest BCUT2D eigenvalue weighted by Crippen LogP contribution is -2.30. The summed E-state index contributed by atoms with van der Waals surface area (Å²) in [5.41, 5.74) is 8.78. The Morgan fingerprint density at radius 1 is 1.29 bits per heavy atom. The molecule has 0 aliphatic heterocycles. The number of nitrogens with zero attached hydrogens (tertiary/aromatic N) is 1. The van der Waals surface area contributed by atoms with Crippen LogP contribution >= 0.6 is 0 Å². The van der Waals surface area contributed by atoms with E-state index < -0.39 is 0 Å². The van der Waals surface area contributed by atoms with E-state index in [1.807, 2.05) is 12.1 Å². The van der Waals surface area contributed by atoms with Gasteiger partial charge in [-0.2, -0.15) is 0 Å². The van der Waals surface area contributed by atoms with E-state index in [0.29, 0.717) is 22.7 Å². The van der Waals surface area contributed by atoms with Crippen molar-refractivity contribution in [3.63, 3.8) is 0 Å². The second kappa shape index (κ2) is 5.96. The fourth-order valence-electron chi connectivity index (χ4n) is 2.85. The molecule has 2 rings (SSSR count). The second-order valence-electron chi connectivity index (χ2n) is 7.08. The van der Waals surface area contributed by atoms with Crippen molar-refractivity contribution in [2.45, 2.75) is 45.6 Å². The number of hydrogen-bond acceptors (Lipinski definition) is 3. The molecule has 4 heteroatoms. The van der Waals surface area contributed by atoms with Crippen LogP contribution in [0.1, 0.15) is 49.9 Å². The van der Waals surface area contributed by atoms with Gasteiger partial charge in [0, 0.05) is 25.7 Å². The molecule has 0 atom stereocenters. The van der Waals surface area contributed by atoms with Gasteiger partial charge >= 0.3 is 0 Å². The highest BCUT2D eigenvalue weighted by Gasteiger charge is 2.26. The average molecular weight is 289 g/mol. The van der Waals surface area contributed by atoms with Crippen LogP contribution in [0, 0.1) is 5.41 Å². The van der Waals surface area contributed by atoms with Gasteiger partial charge in [0.05, 0.1) is 11.4 Å². The summed E-state index contributed by atoms with van der Waals surface area (Å²) in [6, 6.07) is 6.01. The normalized spacial score (nSPS) is 18.3. The molecule has 0 radical (unpaired) electrons. The van der Waals surface area contributed by atoms with Gasteiger partial charge in [-0.1, -0.05) is 13.8 Å². The molecule has 3 N–H and O–H groups in total. The maximum Gasteiger partial charge on any atom is 0.253 e. The number of anilines is 2. The van der Waals surface area contributed by atoms with Crippen molar-refractivity contribution < 1.29 is 4.79 Å². The van der Waals surface area contributed by atoms with Crippen LogP contribution in [0.4, 0.5) is 11.4 Å². The summed E-state index contributed by atoms with van der Waals surface area (Å²) in [7, 11) is 3.49. The highest BCUT2D eigenvalue weighted by atomic mass is 16.2. The van der Waals surface area contributed by atoms with E-state index in [2.05, 4.69) is 19.2 Å². The monoisotopic (exact) mass is 289 g/mol. The molecule has 1 aliphatic rings. The standard InChI is InChI=1S/C17H27N3O/c1-17(2)9-7-13(8-10-17)19-15-6-5-12(11-14(15)18)16(21)20(3)4/h5-6,11,13,19H,7-10,18H2,1-4H3. The van der Waals surface area contributed by atoms with Gasteiger partial charge in [0.25, 0.3) is 5.91 Å². The lowest BCUT2D eigenvalue weighted by Gasteiger charge is -2.35. The lowest BCUT2D eigenvalue weighted by atomic mass is 9.75. The van der Waals surface area contributed by atoms with E-state index in [1.54, 1.807) is 25.1 Å². The Bertz CT molecular complexity index is 513. The number of nitrogens with two attached hydrogens (primary N) is 1. The molecule has 0 unspecified atom stereocenters. The first-order valence-electron chi connectivity index (χ1n) is 7.66. The predicted molar refractivity (Wildman–Crippen MR) is 88.5 cm³/mol. The minimum atomic E-state index is -0.0207. The molecular weight excluding hydrogens is 262 g/mol. The van der Waals surface area contributed by atoms with Crippen LogP contribution in [0.25, 0.3) is 0 Å². The largest absolute Gasteiger partial charge is 0.397 e. The summed E-state index contributed by atoms with van der Waals surface area (Å²) in [6.07, 6.45) is 4.82. The maximum atomic E-state index is 11.9. The van der Waals surface area contributed by atoms with Crippen LogP contribution in [0.2, 0.25) is 0 Å². The second-order valence-corrected chi connectivity index (χ2v) is 7.08. The average Bonchev–Trinajstić information content (AvgIpc) is 2.42. The molecule has 1 fully saturated rings. The van der Waals surface area contributed by atoms with E-state index in [9.17, 15) is 4.79 Å². The molecule has 0 bridgehead atoms. The molecule has 116 valence electrons. The zero-order chi connectivity index (χ0) is 15.6. The van der Waals surface area contributed by atoms with E-state index in [0.717, 1.165) is 5.69 Å². The molecule has 4 nitrogen and oxygen atoms in total. The fraction of sp³-hybridized carbons (Fsp3) is 0.588. The van der Waals surface area contributed by atoms with Crippen LogP contribution in [-0.4, -0.2) is 30.9 Å². The molecule has 0 saturated heterocycles. The third kappa shape index (κ3) is 3.90. The molecule has 1 aliphatic carbocycles. The van der Waals surface area contributed by atoms with E-state index >= 15 is 0 Å². The smallest absolute Gasteiger partial charge is 0.253 e. The van der Waals surface area contributed by atoms with Crippen molar-refractivity contribution in [2.75, 3.05) is 25.1 Å². The fourth-order valence-corrected chi connectivity index (χ4v) is 2.85. The van der Waals surface area contributed by atoms with Crippen LogP contribution in [0.15, 0.2) is 18.2 Å². The first-order chi connectivity index (χ1) is 9.78. The Kier molecular flexibility index (Phi) is 4.45. The summed E-state index contributed by atoms with van der Waals surface area (Å²) < 4.78 is 0. The van der Waals surface area contributed by atoms with Gasteiger partial charge in [0.1, 0.15) is 0 Å². The highest BCUT2D eigenvalue weighted by Crippen LogP contribution is 2.36. The Balaban J connectivity index is 2.03. The topological polar surface area (TPSA) is 58.4 Å². The summed E-state index contributed by atoms with van der Waals surface area (Å²) in [5.74, 6) is -0.0207. The van der Waals surface area contributed by atoms with Crippen LogP contribution in [0.3, 0.4) is 0 Å². The van der Waals surface area contributed by atoms with E-state index in [1.165, 1.54) is 25.7 Å². The molecule has 1 aromatic carbocycles. The highest BCUT2D eigenvalue weighted by molar-refractivity contribution is 5.95. The van der Waals surface area contributed by atoms with E-state index in [4.69, 9.17) is 5.73 Å². The summed E-state index contributed by atoms with van der Waals surface area (Å²) in [5, 5.41) is 3.53. The molecule has 0 heterocycles. The Morgan fingerprint density at radius 2 is 1.90 bits per heavy atom. The molecule has 1 amide bonds. The van der Waals surface area contributed by atoms with Gasteiger partial charge in [0.15, 0.2) is 0 Å². The first kappa shape index (κ1) is 15.7. The number of nitrogen functional groups attached to an aromatic ring is 1. The van der Waals surface area contributed by atoms with E-state index in [-0.39, 0.29) is 5.91 Å². The van der Waals surface area contributed by atoms with Gasteiger partial charge in [-0.25, -0.2) is 0 Å². The third-order valence-corrected chi connectivity index (χ3v) is 4.40. The number of carbonyl (C=O) groups is 1. The van der Waals surface area contributed by atoms with Crippen molar-refractivity contribution in [3.8, 4) is 0 Å². The molecule has 1 aromatic rings. The minimum absolute atomic E-state index is 0.0207. The summed E-state index contributed by atoms with van der Waals surface area (Å²) in [6.45, 7) is 4.67. The number of nitrogens with one attached hydrogen (secondary N) is 1. The van der Waals surface area contributed by atoms with Crippen molar-refractivity contribution in [1.29, 1.82) is 0 Å². The Hall–Kier alpha value is -1.71. The number of carbonyl (C=O) groups excluding carboxylic acids is 1.